The zero-order valence-electron chi connectivity index (χ0n) is 16.5. The van der Waals surface area contributed by atoms with E-state index < -0.39 is 11.8 Å². The number of ether oxygens (including phenoxy) is 3. The van der Waals surface area contributed by atoms with Gasteiger partial charge in [0.1, 0.15) is 24.7 Å². The molecule has 4 aromatic rings. The number of Topliss-reactive ketones (excluding diaryl/α,β-unsaturated/α-hetero) is 1. The van der Waals surface area contributed by atoms with Crippen LogP contribution in [-0.2, 0) is 9.53 Å². The van der Waals surface area contributed by atoms with Crippen LogP contribution in [0.2, 0.25) is 0 Å². The summed E-state index contributed by atoms with van der Waals surface area (Å²) >= 11 is 0. The minimum atomic E-state index is -0.889. The average Bonchev–Trinajstić information content (AvgIpc) is 2.81. The van der Waals surface area contributed by atoms with E-state index in [-0.39, 0.29) is 5.56 Å². The molecule has 30 heavy (non-hydrogen) atoms. The standard InChI is InChI=1S/C25H20O5/c1-28-25(27)24(26)17-10-12-19(13-11-17)29-14-15-30-23-16-18-6-2-3-7-20(18)21-8-4-5-9-22(21)23/h2-13,16H,14-15H2,1H3. The fraction of sp³-hybridized carbons (Fsp3) is 0.120. The van der Waals surface area contributed by atoms with Gasteiger partial charge in [-0.15, -0.1) is 0 Å². The number of esters is 1. The number of hydrogen-bond donors (Lipinski definition) is 0. The number of methoxy groups -OCH3 is 1. The van der Waals surface area contributed by atoms with Crippen LogP contribution in [0.5, 0.6) is 11.5 Å². The maximum absolute atomic E-state index is 11.8. The Morgan fingerprint density at radius 2 is 1.37 bits per heavy atom. The Balaban J connectivity index is 1.42. The van der Waals surface area contributed by atoms with E-state index >= 15 is 0 Å². The average molecular weight is 400 g/mol. The maximum Gasteiger partial charge on any atom is 0.379 e. The molecule has 5 nitrogen and oxygen atoms in total. The Hall–Kier alpha value is -3.86. The molecular formula is C25H20O5. The van der Waals surface area contributed by atoms with Crippen molar-refractivity contribution in [2.45, 2.75) is 0 Å². The molecule has 4 aromatic carbocycles. The number of benzene rings is 4. The van der Waals surface area contributed by atoms with Crippen molar-refractivity contribution < 1.29 is 23.8 Å². The zero-order chi connectivity index (χ0) is 20.9. The second-order valence-corrected chi connectivity index (χ2v) is 6.68. The van der Waals surface area contributed by atoms with Crippen LogP contribution in [0.1, 0.15) is 10.4 Å². The third-order valence-corrected chi connectivity index (χ3v) is 4.83. The summed E-state index contributed by atoms with van der Waals surface area (Å²) < 4.78 is 16.2. The third kappa shape index (κ3) is 3.96. The van der Waals surface area contributed by atoms with E-state index in [1.807, 2.05) is 30.3 Å². The van der Waals surface area contributed by atoms with Gasteiger partial charge in [-0.1, -0.05) is 48.5 Å². The van der Waals surface area contributed by atoms with Crippen LogP contribution in [0.4, 0.5) is 0 Å². The molecule has 150 valence electrons. The van der Waals surface area contributed by atoms with E-state index in [2.05, 4.69) is 29.0 Å². The highest BCUT2D eigenvalue weighted by Crippen LogP contribution is 2.33. The summed E-state index contributed by atoms with van der Waals surface area (Å²) in [5, 5.41) is 4.52. The van der Waals surface area contributed by atoms with Crippen LogP contribution >= 0.6 is 0 Å². The van der Waals surface area contributed by atoms with Gasteiger partial charge in [0.2, 0.25) is 0 Å². The lowest BCUT2D eigenvalue weighted by Crippen LogP contribution is -2.15. The van der Waals surface area contributed by atoms with Gasteiger partial charge in [0, 0.05) is 10.9 Å². The van der Waals surface area contributed by atoms with Crippen LogP contribution in [-0.4, -0.2) is 32.1 Å². The third-order valence-electron chi connectivity index (χ3n) is 4.83. The Morgan fingerprint density at radius 1 is 0.733 bits per heavy atom. The maximum atomic E-state index is 11.8. The molecule has 0 unspecified atom stereocenters. The van der Waals surface area contributed by atoms with Crippen LogP contribution in [0.25, 0.3) is 21.5 Å². The molecule has 0 saturated heterocycles. The van der Waals surface area contributed by atoms with Crippen LogP contribution < -0.4 is 9.47 Å². The molecule has 0 amide bonds. The Labute approximate surface area is 173 Å². The number of fused-ring (bicyclic) bond motifs is 3. The second-order valence-electron chi connectivity index (χ2n) is 6.68. The molecule has 0 aromatic heterocycles. The first-order valence-electron chi connectivity index (χ1n) is 9.56. The van der Waals surface area contributed by atoms with Gasteiger partial charge in [-0.25, -0.2) is 4.79 Å². The predicted molar refractivity (Wildman–Crippen MR) is 115 cm³/mol. The second kappa shape index (κ2) is 8.66. The number of rotatable bonds is 7. The monoisotopic (exact) mass is 400 g/mol. The lowest BCUT2D eigenvalue weighted by atomic mass is 10.0. The molecule has 0 fully saturated rings. The molecular weight excluding hydrogens is 380 g/mol. The van der Waals surface area contributed by atoms with E-state index in [4.69, 9.17) is 9.47 Å². The smallest absolute Gasteiger partial charge is 0.379 e. The lowest BCUT2D eigenvalue weighted by Gasteiger charge is -2.13. The SMILES string of the molecule is COC(=O)C(=O)c1ccc(OCCOc2cc3ccccc3c3ccccc23)cc1. The van der Waals surface area contributed by atoms with Crippen LogP contribution in [0.15, 0.2) is 78.9 Å². The van der Waals surface area contributed by atoms with E-state index in [0.29, 0.717) is 19.0 Å². The molecule has 0 aliphatic carbocycles. The Morgan fingerprint density at radius 3 is 2.10 bits per heavy atom. The molecule has 0 radical (unpaired) electrons. The van der Waals surface area contributed by atoms with Gasteiger partial charge in [-0.3, -0.25) is 4.79 Å². The van der Waals surface area contributed by atoms with Crippen LogP contribution in [0.3, 0.4) is 0 Å². The molecule has 0 atom stereocenters. The number of hydrogen-bond acceptors (Lipinski definition) is 5. The molecule has 0 heterocycles. The highest BCUT2D eigenvalue weighted by atomic mass is 16.5. The quantitative estimate of drug-likeness (QED) is 0.147. The van der Waals surface area contributed by atoms with E-state index in [1.165, 1.54) is 24.6 Å². The number of carbonyl (C=O) groups excluding carboxylic acids is 2. The molecule has 0 saturated carbocycles. The largest absolute Gasteiger partial charge is 0.490 e. The van der Waals surface area contributed by atoms with Crippen molar-refractivity contribution in [3.05, 3.63) is 84.4 Å². The summed E-state index contributed by atoms with van der Waals surface area (Å²) in [7, 11) is 1.18. The van der Waals surface area contributed by atoms with Crippen molar-refractivity contribution >= 4 is 33.3 Å². The topological polar surface area (TPSA) is 61.8 Å². The summed E-state index contributed by atoms with van der Waals surface area (Å²) in [6.07, 6.45) is 0. The molecule has 0 aliphatic heterocycles. The van der Waals surface area contributed by atoms with Crippen LogP contribution in [0, 0.1) is 0 Å². The summed E-state index contributed by atoms with van der Waals surface area (Å²) in [5.74, 6) is -0.175. The molecule has 0 bridgehead atoms. The predicted octanol–water partition coefficient (Wildman–Crippen LogP) is 4.81. The first kappa shape index (κ1) is 19.5. The van der Waals surface area contributed by atoms with E-state index in [9.17, 15) is 9.59 Å². The van der Waals surface area contributed by atoms with Gasteiger partial charge in [-0.05, 0) is 46.5 Å². The van der Waals surface area contributed by atoms with E-state index in [0.717, 1.165) is 21.9 Å². The highest BCUT2D eigenvalue weighted by Gasteiger charge is 2.16. The summed E-state index contributed by atoms with van der Waals surface area (Å²) in [6.45, 7) is 0.705. The molecule has 5 heteroatoms. The first-order valence-corrected chi connectivity index (χ1v) is 9.56. The fourth-order valence-corrected chi connectivity index (χ4v) is 3.36. The molecule has 0 N–H and O–H groups in total. The minimum absolute atomic E-state index is 0.257. The zero-order valence-corrected chi connectivity index (χ0v) is 16.5. The van der Waals surface area contributed by atoms with Gasteiger partial charge < -0.3 is 14.2 Å². The Kier molecular flexibility index (Phi) is 5.61. The van der Waals surface area contributed by atoms with Crippen molar-refractivity contribution in [1.29, 1.82) is 0 Å². The Bertz CT molecular complexity index is 1210. The van der Waals surface area contributed by atoms with Gasteiger partial charge in [-0.2, -0.15) is 0 Å². The first-order chi connectivity index (χ1) is 14.7. The van der Waals surface area contributed by atoms with Gasteiger partial charge >= 0.3 is 5.97 Å². The van der Waals surface area contributed by atoms with Gasteiger partial charge in [0.25, 0.3) is 5.78 Å². The molecule has 0 aliphatic rings. The van der Waals surface area contributed by atoms with Crippen molar-refractivity contribution in [2.75, 3.05) is 20.3 Å². The molecule has 4 rings (SSSR count). The van der Waals surface area contributed by atoms with E-state index in [1.54, 1.807) is 12.1 Å². The number of ketones is 1. The molecule has 0 spiro atoms. The van der Waals surface area contributed by atoms with Gasteiger partial charge in [0.15, 0.2) is 0 Å². The van der Waals surface area contributed by atoms with Crippen molar-refractivity contribution in [3.63, 3.8) is 0 Å². The normalized spacial score (nSPS) is 10.7. The lowest BCUT2D eigenvalue weighted by molar-refractivity contribution is -0.135. The summed E-state index contributed by atoms with van der Waals surface area (Å²) in [5.41, 5.74) is 0.257. The fourth-order valence-electron chi connectivity index (χ4n) is 3.36. The minimum Gasteiger partial charge on any atom is -0.490 e. The van der Waals surface area contributed by atoms with Crippen molar-refractivity contribution in [2.24, 2.45) is 0 Å². The summed E-state index contributed by atoms with van der Waals surface area (Å²) in [4.78, 5) is 23.1. The number of carbonyl (C=O) groups is 2. The highest BCUT2D eigenvalue weighted by molar-refractivity contribution is 6.40. The van der Waals surface area contributed by atoms with Crippen molar-refractivity contribution in [3.8, 4) is 11.5 Å². The van der Waals surface area contributed by atoms with Crippen molar-refractivity contribution in [1.82, 2.24) is 0 Å². The summed E-state index contributed by atoms with van der Waals surface area (Å²) in [6, 6.07) is 24.8. The van der Waals surface area contributed by atoms with Gasteiger partial charge in [0.05, 0.1) is 7.11 Å².